The van der Waals surface area contributed by atoms with E-state index < -0.39 is 0 Å². The predicted octanol–water partition coefficient (Wildman–Crippen LogP) is 2.80. The van der Waals surface area contributed by atoms with Gasteiger partial charge in [0.15, 0.2) is 5.96 Å². The van der Waals surface area contributed by atoms with Crippen molar-refractivity contribution in [1.82, 2.24) is 10.2 Å². The molecule has 1 aromatic rings. The van der Waals surface area contributed by atoms with E-state index >= 15 is 0 Å². The third-order valence-electron chi connectivity index (χ3n) is 2.72. The highest BCUT2D eigenvalue weighted by Gasteiger charge is 2.05. The lowest BCUT2D eigenvalue weighted by Gasteiger charge is -2.22. The zero-order valence-corrected chi connectivity index (χ0v) is 12.0. The molecule has 0 bridgehead atoms. The first-order chi connectivity index (χ1) is 8.67. The Morgan fingerprint density at radius 3 is 2.44 bits per heavy atom. The first-order valence-corrected chi connectivity index (χ1v) is 6.72. The molecule has 18 heavy (non-hydrogen) atoms. The maximum Gasteiger partial charge on any atom is 0.193 e. The molecule has 3 nitrogen and oxygen atoms in total. The fraction of sp³-hybridized carbons (Fsp3) is 0.533. The van der Waals surface area contributed by atoms with Gasteiger partial charge in [-0.3, -0.25) is 4.99 Å². The van der Waals surface area contributed by atoms with Crippen LogP contribution in [0, 0.1) is 6.92 Å². The molecule has 0 radical (unpaired) electrons. The number of hydrogen-bond acceptors (Lipinski definition) is 1. The molecule has 100 valence electrons. The number of nitrogens with one attached hydrogen (secondary N) is 1. The minimum absolute atomic E-state index is 0.876. The number of guanidine groups is 1. The lowest BCUT2D eigenvalue weighted by Crippen LogP contribution is -2.38. The Morgan fingerprint density at radius 1 is 1.22 bits per heavy atom. The van der Waals surface area contributed by atoms with Gasteiger partial charge in [0.25, 0.3) is 0 Å². The molecule has 0 fully saturated rings. The molecule has 1 aromatic carbocycles. The second-order valence-corrected chi connectivity index (χ2v) is 4.58. The highest BCUT2D eigenvalue weighted by Crippen LogP contribution is 2.06. The van der Waals surface area contributed by atoms with Crippen LogP contribution in [-0.2, 0) is 6.54 Å². The first kappa shape index (κ1) is 14.6. The van der Waals surface area contributed by atoms with E-state index in [2.05, 4.69) is 67.3 Å². The van der Waals surface area contributed by atoms with Crippen molar-refractivity contribution in [2.24, 2.45) is 4.99 Å². The Kier molecular flexibility index (Phi) is 6.26. The van der Waals surface area contributed by atoms with Gasteiger partial charge in [-0.25, -0.2) is 0 Å². The van der Waals surface area contributed by atoms with Crippen molar-refractivity contribution >= 4 is 5.96 Å². The van der Waals surface area contributed by atoms with Gasteiger partial charge in [0, 0.05) is 26.7 Å². The van der Waals surface area contributed by atoms with Gasteiger partial charge in [-0.15, -0.1) is 0 Å². The van der Waals surface area contributed by atoms with Crippen LogP contribution in [0.15, 0.2) is 29.3 Å². The van der Waals surface area contributed by atoms with Crippen LogP contribution >= 0.6 is 0 Å². The number of benzene rings is 1. The van der Waals surface area contributed by atoms with E-state index in [0.29, 0.717) is 0 Å². The molecule has 1 N–H and O–H groups in total. The van der Waals surface area contributed by atoms with Crippen molar-refractivity contribution in [3.8, 4) is 0 Å². The Bertz CT molecular complexity index is 368. The Labute approximate surface area is 111 Å². The van der Waals surface area contributed by atoms with Crippen molar-refractivity contribution in [2.45, 2.75) is 33.7 Å². The minimum atomic E-state index is 0.876. The number of aryl methyl sites for hydroxylation is 1. The summed E-state index contributed by atoms with van der Waals surface area (Å²) in [6.07, 6.45) is 1.08. The van der Waals surface area contributed by atoms with Gasteiger partial charge >= 0.3 is 0 Å². The van der Waals surface area contributed by atoms with E-state index in [1.807, 2.05) is 0 Å². The lowest BCUT2D eigenvalue weighted by atomic mass is 10.1. The van der Waals surface area contributed by atoms with Gasteiger partial charge in [0.2, 0.25) is 0 Å². The van der Waals surface area contributed by atoms with Crippen molar-refractivity contribution in [3.05, 3.63) is 35.4 Å². The summed E-state index contributed by atoms with van der Waals surface area (Å²) in [6, 6.07) is 8.66. The molecule has 0 aliphatic heterocycles. The molecule has 0 saturated heterocycles. The summed E-state index contributed by atoms with van der Waals surface area (Å²) in [7, 11) is 2.08. The van der Waals surface area contributed by atoms with Crippen molar-refractivity contribution in [3.63, 3.8) is 0 Å². The van der Waals surface area contributed by atoms with Gasteiger partial charge in [-0.1, -0.05) is 36.8 Å². The van der Waals surface area contributed by atoms with E-state index in [1.54, 1.807) is 0 Å². The molecule has 0 amide bonds. The summed E-state index contributed by atoms with van der Waals surface area (Å²) in [4.78, 5) is 6.75. The van der Waals surface area contributed by atoms with Crippen LogP contribution in [0.1, 0.15) is 31.4 Å². The van der Waals surface area contributed by atoms with Crippen LogP contribution in [0.25, 0.3) is 0 Å². The summed E-state index contributed by atoms with van der Waals surface area (Å²) in [5.74, 6) is 0.986. The molecule has 3 heteroatoms. The molecule has 0 aliphatic carbocycles. The quantitative estimate of drug-likeness (QED) is 0.640. The lowest BCUT2D eigenvalue weighted by molar-refractivity contribution is 0.477. The van der Waals surface area contributed by atoms with Crippen LogP contribution in [0.4, 0.5) is 0 Å². The zero-order chi connectivity index (χ0) is 13.4. The topological polar surface area (TPSA) is 27.6 Å². The molecule has 0 spiro atoms. The Balaban J connectivity index is 2.65. The maximum absolute atomic E-state index is 4.58. The standard InChI is InChI=1S/C15H25N3/c1-5-11-17-15(16-6-2)18(4)12-14-9-7-13(3)8-10-14/h7-10H,5-6,11-12H2,1-4H3,(H,16,17). The van der Waals surface area contributed by atoms with Gasteiger partial charge in [0.1, 0.15) is 0 Å². The molecule has 0 unspecified atom stereocenters. The number of nitrogens with zero attached hydrogens (tertiary/aromatic N) is 2. The Morgan fingerprint density at radius 2 is 1.89 bits per heavy atom. The van der Waals surface area contributed by atoms with E-state index in [1.165, 1.54) is 11.1 Å². The minimum Gasteiger partial charge on any atom is -0.357 e. The number of aliphatic imine (C=N–C) groups is 1. The van der Waals surface area contributed by atoms with Crippen molar-refractivity contribution in [1.29, 1.82) is 0 Å². The first-order valence-electron chi connectivity index (χ1n) is 6.72. The van der Waals surface area contributed by atoms with Crippen molar-refractivity contribution in [2.75, 3.05) is 20.1 Å². The summed E-state index contributed by atoms with van der Waals surface area (Å²) in [6.45, 7) is 9.02. The molecule has 0 aromatic heterocycles. The highest BCUT2D eigenvalue weighted by molar-refractivity contribution is 5.79. The fourth-order valence-electron chi connectivity index (χ4n) is 1.73. The van der Waals surface area contributed by atoms with Gasteiger partial charge in [0.05, 0.1) is 0 Å². The summed E-state index contributed by atoms with van der Waals surface area (Å²) < 4.78 is 0. The maximum atomic E-state index is 4.58. The molecule has 1 rings (SSSR count). The summed E-state index contributed by atoms with van der Waals surface area (Å²) in [5, 5.41) is 3.32. The number of rotatable bonds is 5. The van der Waals surface area contributed by atoms with E-state index in [0.717, 1.165) is 32.0 Å². The largest absolute Gasteiger partial charge is 0.357 e. The fourth-order valence-corrected chi connectivity index (χ4v) is 1.73. The molecule has 0 saturated carbocycles. The number of hydrogen-bond donors (Lipinski definition) is 1. The molecule has 0 atom stereocenters. The summed E-state index contributed by atoms with van der Waals surface area (Å²) in [5.41, 5.74) is 2.61. The summed E-state index contributed by atoms with van der Waals surface area (Å²) >= 11 is 0. The molecular weight excluding hydrogens is 222 g/mol. The monoisotopic (exact) mass is 247 g/mol. The van der Waals surface area contributed by atoms with Crippen LogP contribution in [0.2, 0.25) is 0 Å². The SMILES string of the molecule is CCCN=C(NCC)N(C)Cc1ccc(C)cc1. The second-order valence-electron chi connectivity index (χ2n) is 4.58. The van der Waals surface area contributed by atoms with Crippen LogP contribution in [0.3, 0.4) is 0 Å². The average molecular weight is 247 g/mol. The molecular formula is C15H25N3. The third kappa shape index (κ3) is 4.78. The van der Waals surface area contributed by atoms with Gasteiger partial charge in [-0.05, 0) is 25.8 Å². The second kappa shape index (κ2) is 7.75. The zero-order valence-electron chi connectivity index (χ0n) is 12.0. The van der Waals surface area contributed by atoms with E-state index in [-0.39, 0.29) is 0 Å². The molecule has 0 heterocycles. The van der Waals surface area contributed by atoms with Crippen LogP contribution in [0.5, 0.6) is 0 Å². The third-order valence-corrected chi connectivity index (χ3v) is 2.72. The van der Waals surface area contributed by atoms with Gasteiger partial charge in [-0.2, -0.15) is 0 Å². The predicted molar refractivity (Wildman–Crippen MR) is 78.9 cm³/mol. The van der Waals surface area contributed by atoms with Crippen molar-refractivity contribution < 1.29 is 0 Å². The smallest absolute Gasteiger partial charge is 0.193 e. The van der Waals surface area contributed by atoms with Gasteiger partial charge < -0.3 is 10.2 Å². The Hall–Kier alpha value is -1.51. The van der Waals surface area contributed by atoms with Crippen LogP contribution in [-0.4, -0.2) is 31.0 Å². The van der Waals surface area contributed by atoms with E-state index in [4.69, 9.17) is 0 Å². The van der Waals surface area contributed by atoms with E-state index in [9.17, 15) is 0 Å². The van der Waals surface area contributed by atoms with Crippen LogP contribution < -0.4 is 5.32 Å². The molecule has 0 aliphatic rings. The average Bonchev–Trinajstić information content (AvgIpc) is 2.37. The normalized spacial score (nSPS) is 11.4. The highest BCUT2D eigenvalue weighted by atomic mass is 15.3.